The van der Waals surface area contributed by atoms with Gasteiger partial charge in [0, 0.05) is 11.8 Å². The number of aryl methyl sites for hydroxylation is 3. The fourth-order valence-corrected chi connectivity index (χ4v) is 4.29. The lowest BCUT2D eigenvalue weighted by Crippen LogP contribution is -2.39. The van der Waals surface area contributed by atoms with Crippen LogP contribution in [0.2, 0.25) is 0 Å². The summed E-state index contributed by atoms with van der Waals surface area (Å²) in [7, 11) is -3.67. The molecule has 0 bridgehead atoms. The van der Waals surface area contributed by atoms with Gasteiger partial charge in [0.2, 0.25) is 22.7 Å². The van der Waals surface area contributed by atoms with Crippen molar-refractivity contribution in [3.63, 3.8) is 0 Å². The van der Waals surface area contributed by atoms with Crippen LogP contribution < -0.4 is 19.1 Å². The van der Waals surface area contributed by atoms with Crippen LogP contribution in [0.5, 0.6) is 11.5 Å². The van der Waals surface area contributed by atoms with E-state index < -0.39 is 15.9 Å². The minimum absolute atomic E-state index is 0.0891. The summed E-state index contributed by atoms with van der Waals surface area (Å²) in [5, 5.41) is 2.85. The zero-order chi connectivity index (χ0) is 20.5. The fraction of sp³-hybridized carbons (Fsp3) is 0.350. The van der Waals surface area contributed by atoms with Gasteiger partial charge in [-0.2, -0.15) is 0 Å². The number of benzene rings is 2. The standard InChI is InChI=1S/C20H24N2O5S/c1-5-28(24,25)22(16-6-7-17-18(10-16)27-12-26-17)11-19(23)21-20-14(3)8-13(2)9-15(20)4/h6-10H,5,11-12H2,1-4H3,(H,21,23). The summed E-state index contributed by atoms with van der Waals surface area (Å²) in [4.78, 5) is 12.7. The zero-order valence-corrected chi connectivity index (χ0v) is 17.2. The van der Waals surface area contributed by atoms with Crippen molar-refractivity contribution in [3.05, 3.63) is 47.0 Å². The van der Waals surface area contributed by atoms with Gasteiger partial charge in [0.15, 0.2) is 11.5 Å². The highest BCUT2D eigenvalue weighted by molar-refractivity contribution is 7.92. The lowest BCUT2D eigenvalue weighted by Gasteiger charge is -2.24. The van der Waals surface area contributed by atoms with Crippen LogP contribution in [-0.2, 0) is 14.8 Å². The molecule has 1 N–H and O–H groups in total. The minimum atomic E-state index is -3.67. The highest BCUT2D eigenvalue weighted by Crippen LogP contribution is 2.36. The van der Waals surface area contributed by atoms with E-state index in [4.69, 9.17) is 9.47 Å². The van der Waals surface area contributed by atoms with E-state index in [1.165, 1.54) is 0 Å². The molecule has 0 fully saturated rings. The fourth-order valence-electron chi connectivity index (χ4n) is 3.23. The second kappa shape index (κ2) is 7.71. The van der Waals surface area contributed by atoms with Gasteiger partial charge in [-0.3, -0.25) is 9.10 Å². The molecule has 0 aliphatic carbocycles. The number of fused-ring (bicyclic) bond motifs is 1. The van der Waals surface area contributed by atoms with Crippen LogP contribution >= 0.6 is 0 Å². The molecule has 0 aromatic heterocycles. The van der Waals surface area contributed by atoms with E-state index in [0.717, 1.165) is 21.0 Å². The molecule has 0 saturated carbocycles. The highest BCUT2D eigenvalue weighted by atomic mass is 32.2. The Bertz CT molecular complexity index is 994. The maximum atomic E-state index is 12.7. The summed E-state index contributed by atoms with van der Waals surface area (Å²) in [5.74, 6) is 0.467. The van der Waals surface area contributed by atoms with Crippen LogP contribution in [0.1, 0.15) is 23.6 Å². The maximum Gasteiger partial charge on any atom is 0.245 e. The second-order valence-electron chi connectivity index (χ2n) is 6.77. The molecule has 0 spiro atoms. The van der Waals surface area contributed by atoms with Gasteiger partial charge in [0.25, 0.3) is 0 Å². The average Bonchev–Trinajstić information content (AvgIpc) is 3.10. The third-order valence-electron chi connectivity index (χ3n) is 4.57. The van der Waals surface area contributed by atoms with Gasteiger partial charge in [-0.05, 0) is 51.0 Å². The van der Waals surface area contributed by atoms with Gasteiger partial charge in [0.05, 0.1) is 11.4 Å². The summed E-state index contributed by atoms with van der Waals surface area (Å²) in [6.07, 6.45) is 0. The molecule has 0 unspecified atom stereocenters. The Kier molecular flexibility index (Phi) is 5.51. The largest absolute Gasteiger partial charge is 0.454 e. The van der Waals surface area contributed by atoms with E-state index in [0.29, 0.717) is 22.9 Å². The van der Waals surface area contributed by atoms with Gasteiger partial charge in [-0.1, -0.05) is 17.7 Å². The molecule has 2 aromatic rings. The molecule has 0 atom stereocenters. The zero-order valence-electron chi connectivity index (χ0n) is 16.4. The number of carbonyl (C=O) groups excluding carboxylic acids is 1. The van der Waals surface area contributed by atoms with Crippen LogP contribution in [-0.4, -0.2) is 33.4 Å². The minimum Gasteiger partial charge on any atom is -0.454 e. The van der Waals surface area contributed by atoms with Crippen molar-refractivity contribution in [1.82, 2.24) is 0 Å². The number of hydrogen-bond donors (Lipinski definition) is 1. The molecule has 1 amide bonds. The van der Waals surface area contributed by atoms with E-state index in [-0.39, 0.29) is 19.1 Å². The lowest BCUT2D eigenvalue weighted by atomic mass is 10.1. The van der Waals surface area contributed by atoms with Crippen LogP contribution in [0, 0.1) is 20.8 Å². The molecule has 1 aliphatic rings. The first-order valence-corrected chi connectivity index (χ1v) is 10.6. The summed E-state index contributed by atoms with van der Waals surface area (Å²) < 4.78 is 37.0. The number of ether oxygens (including phenoxy) is 2. The third-order valence-corrected chi connectivity index (χ3v) is 6.31. The number of nitrogens with one attached hydrogen (secondary N) is 1. The SMILES string of the molecule is CCS(=O)(=O)N(CC(=O)Nc1c(C)cc(C)cc1C)c1ccc2c(c1)OCO2. The molecular weight excluding hydrogens is 380 g/mol. The maximum absolute atomic E-state index is 12.7. The first-order valence-electron chi connectivity index (χ1n) is 8.99. The molecule has 2 aromatic carbocycles. The van der Waals surface area contributed by atoms with E-state index in [2.05, 4.69) is 5.32 Å². The summed E-state index contributed by atoms with van der Waals surface area (Å²) in [5.41, 5.74) is 4.02. The van der Waals surface area contributed by atoms with Gasteiger partial charge in [0.1, 0.15) is 6.54 Å². The highest BCUT2D eigenvalue weighted by Gasteiger charge is 2.26. The van der Waals surface area contributed by atoms with E-state index in [1.54, 1.807) is 25.1 Å². The Morgan fingerprint density at radius 1 is 1.07 bits per heavy atom. The second-order valence-corrected chi connectivity index (χ2v) is 8.95. The van der Waals surface area contributed by atoms with Crippen LogP contribution in [0.25, 0.3) is 0 Å². The van der Waals surface area contributed by atoms with Crippen molar-refractivity contribution in [2.75, 3.05) is 28.7 Å². The van der Waals surface area contributed by atoms with E-state index >= 15 is 0 Å². The number of nitrogens with zero attached hydrogens (tertiary/aromatic N) is 1. The number of rotatable bonds is 6. The van der Waals surface area contributed by atoms with Gasteiger partial charge in [-0.25, -0.2) is 8.42 Å². The number of carbonyl (C=O) groups is 1. The Labute approximate surface area is 165 Å². The van der Waals surface area contributed by atoms with Crippen LogP contribution in [0.4, 0.5) is 11.4 Å². The summed E-state index contributed by atoms with van der Waals surface area (Å²) >= 11 is 0. The van der Waals surface area contributed by atoms with Crippen LogP contribution in [0.15, 0.2) is 30.3 Å². The smallest absolute Gasteiger partial charge is 0.245 e. The molecule has 0 radical (unpaired) electrons. The van der Waals surface area contributed by atoms with E-state index in [9.17, 15) is 13.2 Å². The molecule has 1 heterocycles. The van der Waals surface area contributed by atoms with Crippen molar-refractivity contribution >= 4 is 27.3 Å². The molecular formula is C20H24N2O5S. The number of hydrogen-bond acceptors (Lipinski definition) is 5. The van der Waals surface area contributed by atoms with Gasteiger partial charge < -0.3 is 14.8 Å². The number of amides is 1. The topological polar surface area (TPSA) is 84.9 Å². The molecule has 0 saturated heterocycles. The van der Waals surface area contributed by atoms with Crippen molar-refractivity contribution < 1.29 is 22.7 Å². The van der Waals surface area contributed by atoms with Gasteiger partial charge in [-0.15, -0.1) is 0 Å². The molecule has 7 nitrogen and oxygen atoms in total. The number of sulfonamides is 1. The predicted molar refractivity (Wildman–Crippen MR) is 109 cm³/mol. The monoisotopic (exact) mass is 404 g/mol. The quantitative estimate of drug-likeness (QED) is 0.800. The number of anilines is 2. The lowest BCUT2D eigenvalue weighted by molar-refractivity contribution is -0.114. The predicted octanol–water partition coefficient (Wildman–Crippen LogP) is 3.14. The average molecular weight is 404 g/mol. The summed E-state index contributed by atoms with van der Waals surface area (Å²) in [6, 6.07) is 8.77. The van der Waals surface area contributed by atoms with Crippen LogP contribution in [0.3, 0.4) is 0 Å². The van der Waals surface area contributed by atoms with Crippen molar-refractivity contribution in [2.45, 2.75) is 27.7 Å². The molecule has 1 aliphatic heterocycles. The first-order chi connectivity index (χ1) is 13.2. The molecule has 3 rings (SSSR count). The van der Waals surface area contributed by atoms with Crippen molar-refractivity contribution in [2.24, 2.45) is 0 Å². The molecule has 150 valence electrons. The first kappa shape index (κ1) is 20.0. The Hall–Kier alpha value is -2.74. The van der Waals surface area contributed by atoms with Gasteiger partial charge >= 0.3 is 0 Å². The Morgan fingerprint density at radius 3 is 2.36 bits per heavy atom. The molecule has 28 heavy (non-hydrogen) atoms. The Morgan fingerprint density at radius 2 is 1.71 bits per heavy atom. The normalized spacial score (nSPS) is 12.7. The summed E-state index contributed by atoms with van der Waals surface area (Å²) in [6.45, 7) is 7.11. The van der Waals surface area contributed by atoms with Crippen molar-refractivity contribution in [1.29, 1.82) is 0 Å². The van der Waals surface area contributed by atoms with E-state index in [1.807, 2.05) is 32.9 Å². The third kappa shape index (κ3) is 4.06. The van der Waals surface area contributed by atoms with Crippen molar-refractivity contribution in [3.8, 4) is 11.5 Å². The molecule has 8 heteroatoms. The Balaban J connectivity index is 1.87.